The van der Waals surface area contributed by atoms with Crippen molar-refractivity contribution in [2.75, 3.05) is 33.2 Å². The maximum absolute atomic E-state index is 12.5. The summed E-state index contributed by atoms with van der Waals surface area (Å²) >= 11 is 11.4. The summed E-state index contributed by atoms with van der Waals surface area (Å²) in [7, 11) is 2.09. The molecule has 1 aliphatic carbocycles. The highest BCUT2D eigenvalue weighted by Gasteiger charge is 2.61. The van der Waals surface area contributed by atoms with Crippen LogP contribution < -0.4 is 0 Å². The summed E-state index contributed by atoms with van der Waals surface area (Å²) in [6.45, 7) is 7.76. The average Bonchev–Trinajstić information content (AvgIpc) is 2.79. The van der Waals surface area contributed by atoms with Crippen molar-refractivity contribution < 1.29 is 4.79 Å². The number of rotatable bonds is 2. The van der Waals surface area contributed by atoms with E-state index in [1.165, 1.54) is 0 Å². The Hall–Kier alpha value is -0.250. The quantitative estimate of drug-likeness (QED) is 0.779. The molecular formula is C13H20Cl2N2O. The number of nitrogens with zero attached hydrogens (tertiary/aromatic N) is 2. The molecular weight excluding hydrogens is 271 g/mol. The summed E-state index contributed by atoms with van der Waals surface area (Å²) < 4.78 is 0.266. The third kappa shape index (κ3) is 2.68. The van der Waals surface area contributed by atoms with Gasteiger partial charge < -0.3 is 9.80 Å². The van der Waals surface area contributed by atoms with Crippen LogP contribution in [0.15, 0.2) is 10.6 Å². The van der Waals surface area contributed by atoms with Crippen molar-refractivity contribution in [3.63, 3.8) is 0 Å². The standard InChI is InChI=1S/C13H20Cl2N2O/c1-13(2)9(8-10(14)15)11(13)12(18)17-6-4-16(3)5-7-17/h8-9,11H,4-7H2,1-3H3/t9-,11-/m0/s1. The lowest BCUT2D eigenvalue weighted by molar-refractivity contribution is -0.135. The Bertz CT molecular complexity index is 369. The molecule has 1 aliphatic heterocycles. The first-order valence-electron chi connectivity index (χ1n) is 6.34. The van der Waals surface area contributed by atoms with Gasteiger partial charge in [-0.05, 0) is 24.5 Å². The van der Waals surface area contributed by atoms with E-state index in [9.17, 15) is 4.79 Å². The van der Waals surface area contributed by atoms with Crippen molar-refractivity contribution in [1.82, 2.24) is 9.80 Å². The molecule has 0 bridgehead atoms. The van der Waals surface area contributed by atoms with Crippen LogP contribution in [0.5, 0.6) is 0 Å². The Morgan fingerprint density at radius 2 is 1.78 bits per heavy atom. The van der Waals surface area contributed by atoms with Crippen LogP contribution in [-0.2, 0) is 4.79 Å². The van der Waals surface area contributed by atoms with Gasteiger partial charge >= 0.3 is 0 Å². The molecule has 0 spiro atoms. The van der Waals surface area contributed by atoms with Crippen LogP contribution in [0, 0.1) is 17.3 Å². The highest BCUT2D eigenvalue weighted by Crippen LogP contribution is 2.60. The number of carbonyl (C=O) groups is 1. The summed E-state index contributed by atoms with van der Waals surface area (Å²) in [6, 6.07) is 0. The van der Waals surface area contributed by atoms with E-state index in [2.05, 4.69) is 25.8 Å². The van der Waals surface area contributed by atoms with Gasteiger partial charge in [0.15, 0.2) is 0 Å². The molecule has 2 atom stereocenters. The minimum atomic E-state index is -0.0184. The molecule has 0 aromatic carbocycles. The molecule has 2 aliphatic rings. The van der Waals surface area contributed by atoms with E-state index in [4.69, 9.17) is 23.2 Å². The van der Waals surface area contributed by atoms with Gasteiger partial charge in [-0.2, -0.15) is 0 Å². The predicted molar refractivity (Wildman–Crippen MR) is 74.6 cm³/mol. The molecule has 5 heteroatoms. The van der Waals surface area contributed by atoms with Crippen LogP contribution in [0.25, 0.3) is 0 Å². The first-order valence-corrected chi connectivity index (χ1v) is 7.10. The van der Waals surface area contributed by atoms with Crippen molar-refractivity contribution in [3.05, 3.63) is 10.6 Å². The molecule has 18 heavy (non-hydrogen) atoms. The monoisotopic (exact) mass is 290 g/mol. The fraction of sp³-hybridized carbons (Fsp3) is 0.769. The molecule has 1 heterocycles. The molecule has 1 amide bonds. The van der Waals surface area contributed by atoms with Gasteiger partial charge in [0.25, 0.3) is 0 Å². The minimum absolute atomic E-state index is 0.0184. The fourth-order valence-corrected chi connectivity index (χ4v) is 3.09. The number of hydrogen-bond acceptors (Lipinski definition) is 2. The van der Waals surface area contributed by atoms with Crippen molar-refractivity contribution >= 4 is 29.1 Å². The summed E-state index contributed by atoms with van der Waals surface area (Å²) in [4.78, 5) is 16.7. The van der Waals surface area contributed by atoms with Gasteiger partial charge in [0.2, 0.25) is 5.91 Å². The van der Waals surface area contributed by atoms with Gasteiger partial charge in [-0.15, -0.1) is 0 Å². The fourth-order valence-electron chi connectivity index (χ4n) is 2.82. The molecule has 1 saturated heterocycles. The predicted octanol–water partition coefficient (Wildman–Crippen LogP) is 2.35. The van der Waals surface area contributed by atoms with Crippen LogP contribution in [0.2, 0.25) is 0 Å². The largest absolute Gasteiger partial charge is 0.340 e. The molecule has 2 fully saturated rings. The SMILES string of the molecule is CN1CCN(C(=O)[C@@H]2[C@H](C=C(Cl)Cl)C2(C)C)CC1. The smallest absolute Gasteiger partial charge is 0.226 e. The topological polar surface area (TPSA) is 23.6 Å². The highest BCUT2D eigenvalue weighted by atomic mass is 35.5. The number of hydrogen-bond donors (Lipinski definition) is 0. The zero-order valence-electron chi connectivity index (χ0n) is 11.1. The van der Waals surface area contributed by atoms with Crippen molar-refractivity contribution in [1.29, 1.82) is 0 Å². The van der Waals surface area contributed by atoms with Crippen molar-refractivity contribution in [3.8, 4) is 0 Å². The normalized spacial score (nSPS) is 31.1. The Balaban J connectivity index is 2.00. The second-order valence-corrected chi connectivity index (χ2v) is 6.92. The molecule has 2 rings (SSSR count). The first-order chi connectivity index (χ1) is 8.34. The van der Waals surface area contributed by atoms with Crippen LogP contribution in [0.1, 0.15) is 13.8 Å². The maximum atomic E-state index is 12.5. The second-order valence-electron chi connectivity index (χ2n) is 5.91. The van der Waals surface area contributed by atoms with E-state index < -0.39 is 0 Å². The lowest BCUT2D eigenvalue weighted by Crippen LogP contribution is -2.48. The maximum Gasteiger partial charge on any atom is 0.226 e. The lowest BCUT2D eigenvalue weighted by atomic mass is 10.1. The van der Waals surface area contributed by atoms with E-state index in [0.717, 1.165) is 26.2 Å². The Labute approximate surface area is 119 Å². The van der Waals surface area contributed by atoms with Crippen LogP contribution in [-0.4, -0.2) is 48.9 Å². The van der Waals surface area contributed by atoms with Crippen LogP contribution >= 0.6 is 23.2 Å². The third-order valence-corrected chi connectivity index (χ3v) is 4.55. The summed E-state index contributed by atoms with van der Waals surface area (Å²) in [5, 5.41) is 0. The summed E-state index contributed by atoms with van der Waals surface area (Å²) in [5.41, 5.74) is -0.0184. The average molecular weight is 291 g/mol. The zero-order chi connectivity index (χ0) is 13.5. The number of amides is 1. The molecule has 3 nitrogen and oxygen atoms in total. The molecule has 0 aromatic rings. The molecule has 0 aromatic heterocycles. The molecule has 0 N–H and O–H groups in total. The van der Waals surface area contributed by atoms with Crippen LogP contribution in [0.4, 0.5) is 0 Å². The summed E-state index contributed by atoms with van der Waals surface area (Å²) in [6.07, 6.45) is 1.81. The van der Waals surface area contributed by atoms with Crippen molar-refractivity contribution in [2.45, 2.75) is 13.8 Å². The van der Waals surface area contributed by atoms with Gasteiger partial charge in [0.05, 0.1) is 5.92 Å². The molecule has 0 unspecified atom stereocenters. The number of piperazine rings is 1. The first kappa shape index (κ1) is 14.2. The third-order valence-electron chi connectivity index (χ3n) is 4.30. The van der Waals surface area contributed by atoms with Gasteiger partial charge in [0, 0.05) is 26.2 Å². The Morgan fingerprint density at radius 1 is 1.22 bits per heavy atom. The van der Waals surface area contributed by atoms with Gasteiger partial charge in [-0.3, -0.25) is 4.79 Å². The highest BCUT2D eigenvalue weighted by molar-refractivity contribution is 6.55. The van der Waals surface area contributed by atoms with Gasteiger partial charge in [-0.1, -0.05) is 37.0 Å². The van der Waals surface area contributed by atoms with E-state index in [-0.39, 0.29) is 27.6 Å². The van der Waals surface area contributed by atoms with Gasteiger partial charge in [-0.25, -0.2) is 0 Å². The Morgan fingerprint density at radius 3 is 2.28 bits per heavy atom. The molecule has 102 valence electrons. The second kappa shape index (κ2) is 5.03. The number of carbonyl (C=O) groups excluding carboxylic acids is 1. The number of likely N-dealkylation sites (N-methyl/N-ethyl adjacent to an activating group) is 1. The Kier molecular flexibility index (Phi) is 3.96. The lowest BCUT2D eigenvalue weighted by Gasteiger charge is -2.32. The van der Waals surface area contributed by atoms with E-state index in [1.54, 1.807) is 0 Å². The van der Waals surface area contributed by atoms with E-state index >= 15 is 0 Å². The molecule has 0 radical (unpaired) electrons. The molecule has 1 saturated carbocycles. The number of halogens is 2. The van der Waals surface area contributed by atoms with E-state index in [0.29, 0.717) is 0 Å². The minimum Gasteiger partial charge on any atom is -0.340 e. The van der Waals surface area contributed by atoms with E-state index in [1.807, 2.05) is 11.0 Å². The zero-order valence-corrected chi connectivity index (χ0v) is 12.6. The van der Waals surface area contributed by atoms with Crippen molar-refractivity contribution in [2.24, 2.45) is 17.3 Å². The van der Waals surface area contributed by atoms with Crippen LogP contribution in [0.3, 0.4) is 0 Å². The number of allylic oxidation sites excluding steroid dienone is 1. The van der Waals surface area contributed by atoms with Gasteiger partial charge in [0.1, 0.15) is 4.49 Å². The summed E-state index contributed by atoms with van der Waals surface area (Å²) in [5.74, 6) is 0.465.